The van der Waals surface area contributed by atoms with Crippen LogP contribution in [0.2, 0.25) is 0 Å². The number of morpholine rings is 1. The van der Waals surface area contributed by atoms with Gasteiger partial charge in [0.2, 0.25) is 0 Å². The Labute approximate surface area is 89.5 Å². The molecule has 1 fully saturated rings. The Bertz CT molecular complexity index is 313. The maximum Gasteiger partial charge on any atom is 0.128 e. The second kappa shape index (κ2) is 4.59. The van der Waals surface area contributed by atoms with Crippen molar-refractivity contribution >= 4 is 5.82 Å². The van der Waals surface area contributed by atoms with Crippen molar-refractivity contribution in [3.05, 3.63) is 23.9 Å². The monoisotopic (exact) mass is 208 g/mol. The lowest BCUT2D eigenvalue weighted by atomic mass is 10.2. The first kappa shape index (κ1) is 10.4. The molecule has 1 saturated heterocycles. The van der Waals surface area contributed by atoms with Crippen molar-refractivity contribution in [1.29, 1.82) is 0 Å². The van der Waals surface area contributed by atoms with E-state index >= 15 is 0 Å². The maximum atomic E-state index is 8.92. The molecule has 1 aromatic heterocycles. The van der Waals surface area contributed by atoms with Gasteiger partial charge in [0, 0.05) is 12.7 Å². The average Bonchev–Trinajstić information content (AvgIpc) is 2.30. The molecule has 82 valence electrons. The fraction of sp³-hybridized carbons (Fsp3) is 0.545. The van der Waals surface area contributed by atoms with Crippen molar-refractivity contribution < 1.29 is 9.84 Å². The summed E-state index contributed by atoms with van der Waals surface area (Å²) in [6.07, 6.45) is 1.72. The minimum Gasteiger partial charge on any atom is -0.392 e. The number of pyridine rings is 1. The molecule has 4 heteroatoms. The SMILES string of the molecule is CC1COCCN1c1ccc(CO)cn1. The van der Waals surface area contributed by atoms with E-state index in [-0.39, 0.29) is 6.61 Å². The maximum absolute atomic E-state index is 8.92. The number of anilines is 1. The van der Waals surface area contributed by atoms with Crippen molar-refractivity contribution in [2.24, 2.45) is 0 Å². The Balaban J connectivity index is 2.13. The summed E-state index contributed by atoms with van der Waals surface area (Å²) in [7, 11) is 0. The van der Waals surface area contributed by atoms with Crippen LogP contribution in [-0.2, 0) is 11.3 Å². The molecule has 0 aromatic carbocycles. The van der Waals surface area contributed by atoms with Crippen LogP contribution in [0.15, 0.2) is 18.3 Å². The summed E-state index contributed by atoms with van der Waals surface area (Å²) in [6.45, 7) is 4.57. The second-order valence-corrected chi connectivity index (χ2v) is 3.80. The summed E-state index contributed by atoms with van der Waals surface area (Å²) in [5, 5.41) is 8.92. The molecule has 0 bridgehead atoms. The quantitative estimate of drug-likeness (QED) is 0.781. The van der Waals surface area contributed by atoms with E-state index in [2.05, 4.69) is 16.8 Å². The van der Waals surface area contributed by atoms with Crippen molar-refractivity contribution in [2.45, 2.75) is 19.6 Å². The number of aromatic nitrogens is 1. The molecule has 0 aliphatic carbocycles. The van der Waals surface area contributed by atoms with Crippen LogP contribution in [0.4, 0.5) is 5.82 Å². The molecular weight excluding hydrogens is 192 g/mol. The molecule has 1 aromatic rings. The summed E-state index contributed by atoms with van der Waals surface area (Å²) >= 11 is 0. The lowest BCUT2D eigenvalue weighted by molar-refractivity contribution is 0.0985. The lowest BCUT2D eigenvalue weighted by Gasteiger charge is -2.34. The van der Waals surface area contributed by atoms with E-state index in [9.17, 15) is 0 Å². The summed E-state index contributed by atoms with van der Waals surface area (Å²) in [6, 6.07) is 4.23. The fourth-order valence-electron chi connectivity index (χ4n) is 1.75. The number of ether oxygens (including phenoxy) is 1. The largest absolute Gasteiger partial charge is 0.392 e. The van der Waals surface area contributed by atoms with Crippen LogP contribution in [0, 0.1) is 0 Å². The van der Waals surface area contributed by atoms with Gasteiger partial charge >= 0.3 is 0 Å². The Kier molecular flexibility index (Phi) is 3.18. The molecule has 1 unspecified atom stereocenters. The summed E-state index contributed by atoms with van der Waals surface area (Å²) in [5.74, 6) is 0.961. The average molecular weight is 208 g/mol. The molecular formula is C11H16N2O2. The molecule has 1 N–H and O–H groups in total. The highest BCUT2D eigenvalue weighted by molar-refractivity contribution is 5.40. The highest BCUT2D eigenvalue weighted by Crippen LogP contribution is 2.17. The third-order valence-electron chi connectivity index (χ3n) is 2.65. The van der Waals surface area contributed by atoms with E-state index in [1.165, 1.54) is 0 Å². The summed E-state index contributed by atoms with van der Waals surface area (Å²) in [5.41, 5.74) is 0.847. The number of hydrogen-bond acceptors (Lipinski definition) is 4. The molecule has 4 nitrogen and oxygen atoms in total. The van der Waals surface area contributed by atoms with Gasteiger partial charge in [0.1, 0.15) is 5.82 Å². The molecule has 1 aliphatic rings. The minimum absolute atomic E-state index is 0.0476. The molecule has 2 rings (SSSR count). The molecule has 1 aliphatic heterocycles. The van der Waals surface area contributed by atoms with E-state index in [4.69, 9.17) is 9.84 Å². The van der Waals surface area contributed by atoms with Crippen LogP contribution in [0.3, 0.4) is 0 Å². The van der Waals surface area contributed by atoms with Crippen molar-refractivity contribution in [3.8, 4) is 0 Å². The van der Waals surface area contributed by atoms with Gasteiger partial charge in [-0.2, -0.15) is 0 Å². The third-order valence-corrected chi connectivity index (χ3v) is 2.65. The number of hydrogen-bond donors (Lipinski definition) is 1. The number of aliphatic hydroxyl groups excluding tert-OH is 1. The van der Waals surface area contributed by atoms with Gasteiger partial charge in [-0.25, -0.2) is 4.98 Å². The normalized spacial score (nSPS) is 21.7. The number of nitrogens with zero attached hydrogens (tertiary/aromatic N) is 2. The zero-order valence-electron chi connectivity index (χ0n) is 8.89. The van der Waals surface area contributed by atoms with Crippen LogP contribution in [-0.4, -0.2) is 35.9 Å². The zero-order chi connectivity index (χ0) is 10.7. The van der Waals surface area contributed by atoms with Crippen LogP contribution < -0.4 is 4.90 Å². The molecule has 0 radical (unpaired) electrons. The van der Waals surface area contributed by atoms with E-state index < -0.39 is 0 Å². The first-order chi connectivity index (χ1) is 7.31. The van der Waals surface area contributed by atoms with Crippen molar-refractivity contribution in [1.82, 2.24) is 4.98 Å². The van der Waals surface area contributed by atoms with Crippen LogP contribution >= 0.6 is 0 Å². The van der Waals surface area contributed by atoms with Crippen molar-refractivity contribution in [2.75, 3.05) is 24.7 Å². The fourth-order valence-corrected chi connectivity index (χ4v) is 1.75. The number of rotatable bonds is 2. The van der Waals surface area contributed by atoms with Gasteiger partial charge in [0.15, 0.2) is 0 Å². The second-order valence-electron chi connectivity index (χ2n) is 3.80. The zero-order valence-corrected chi connectivity index (χ0v) is 8.89. The first-order valence-electron chi connectivity index (χ1n) is 5.21. The van der Waals surface area contributed by atoms with Gasteiger partial charge < -0.3 is 14.7 Å². The Hall–Kier alpha value is -1.13. The van der Waals surface area contributed by atoms with Crippen LogP contribution in [0.5, 0.6) is 0 Å². The third kappa shape index (κ3) is 2.27. The minimum atomic E-state index is 0.0476. The van der Waals surface area contributed by atoms with Gasteiger partial charge in [-0.1, -0.05) is 6.07 Å². The molecule has 0 spiro atoms. The summed E-state index contributed by atoms with van der Waals surface area (Å²) < 4.78 is 5.37. The Morgan fingerprint density at radius 2 is 2.47 bits per heavy atom. The highest BCUT2D eigenvalue weighted by atomic mass is 16.5. The first-order valence-corrected chi connectivity index (χ1v) is 5.21. The van der Waals surface area contributed by atoms with Gasteiger partial charge in [0.25, 0.3) is 0 Å². The molecule has 2 heterocycles. The van der Waals surface area contributed by atoms with E-state index in [0.717, 1.165) is 31.1 Å². The van der Waals surface area contributed by atoms with Gasteiger partial charge in [-0.3, -0.25) is 0 Å². The summed E-state index contributed by atoms with van der Waals surface area (Å²) in [4.78, 5) is 6.56. The highest BCUT2D eigenvalue weighted by Gasteiger charge is 2.19. The molecule has 0 saturated carbocycles. The molecule has 0 amide bonds. The van der Waals surface area contributed by atoms with Crippen molar-refractivity contribution in [3.63, 3.8) is 0 Å². The van der Waals surface area contributed by atoms with Gasteiger partial charge in [0.05, 0.1) is 25.9 Å². The van der Waals surface area contributed by atoms with E-state index in [0.29, 0.717) is 6.04 Å². The van der Waals surface area contributed by atoms with E-state index in [1.54, 1.807) is 6.20 Å². The Morgan fingerprint density at radius 3 is 3.07 bits per heavy atom. The van der Waals surface area contributed by atoms with Gasteiger partial charge in [-0.05, 0) is 18.6 Å². The standard InChI is InChI=1S/C11H16N2O2/c1-9-8-15-5-4-13(9)11-3-2-10(7-14)6-12-11/h2-3,6,9,14H,4-5,7-8H2,1H3. The number of aliphatic hydroxyl groups is 1. The topological polar surface area (TPSA) is 45.6 Å². The predicted octanol–water partition coefficient (Wildman–Crippen LogP) is 0.799. The molecule has 1 atom stereocenters. The van der Waals surface area contributed by atoms with Crippen LogP contribution in [0.25, 0.3) is 0 Å². The van der Waals surface area contributed by atoms with Gasteiger partial charge in [-0.15, -0.1) is 0 Å². The van der Waals surface area contributed by atoms with E-state index in [1.807, 2.05) is 12.1 Å². The predicted molar refractivity (Wildman–Crippen MR) is 57.8 cm³/mol. The smallest absolute Gasteiger partial charge is 0.128 e. The lowest BCUT2D eigenvalue weighted by Crippen LogP contribution is -2.44. The van der Waals surface area contributed by atoms with Crippen LogP contribution in [0.1, 0.15) is 12.5 Å². The molecule has 15 heavy (non-hydrogen) atoms. The Morgan fingerprint density at radius 1 is 1.60 bits per heavy atom.